The van der Waals surface area contributed by atoms with E-state index >= 15 is 0 Å². The van der Waals surface area contributed by atoms with Crippen molar-refractivity contribution in [2.45, 2.75) is 12.8 Å². The Morgan fingerprint density at radius 2 is 2.00 bits per heavy atom. The first kappa shape index (κ1) is 12.5. The summed E-state index contributed by atoms with van der Waals surface area (Å²) in [5.74, 6) is 0.500. The summed E-state index contributed by atoms with van der Waals surface area (Å²) < 4.78 is 5.19. The van der Waals surface area contributed by atoms with Gasteiger partial charge in [-0.3, -0.25) is 0 Å². The van der Waals surface area contributed by atoms with Gasteiger partial charge in [0.15, 0.2) is 0 Å². The number of nitrogens with one attached hydrogen (secondary N) is 1. The number of aryl methyl sites for hydroxylation is 1. The average Bonchev–Trinajstić information content (AvgIpc) is 2.73. The van der Waals surface area contributed by atoms with E-state index in [0.29, 0.717) is 21.6 Å². The molecule has 7 heteroatoms. The van der Waals surface area contributed by atoms with Crippen LogP contribution in [0.2, 0.25) is 10.0 Å². The predicted octanol–water partition coefficient (Wildman–Crippen LogP) is 4.17. The summed E-state index contributed by atoms with van der Waals surface area (Å²) in [5.41, 5.74) is 1.50. The molecule has 4 nitrogen and oxygen atoms in total. The predicted molar refractivity (Wildman–Crippen MR) is 68.3 cm³/mol. The maximum absolute atomic E-state index is 6.06. The third-order valence-electron chi connectivity index (χ3n) is 2.07. The molecule has 0 aliphatic heterocycles. The highest BCUT2D eigenvalue weighted by Crippen LogP contribution is 2.30. The van der Waals surface area contributed by atoms with Gasteiger partial charge in [0.25, 0.3) is 0 Å². The zero-order valence-corrected chi connectivity index (χ0v) is 11.1. The highest BCUT2D eigenvalue weighted by atomic mass is 35.5. The van der Waals surface area contributed by atoms with Crippen molar-refractivity contribution < 1.29 is 4.42 Å². The monoisotopic (exact) mass is 291 g/mol. The largest absolute Gasteiger partial charge is 0.407 e. The summed E-state index contributed by atoms with van der Waals surface area (Å²) >= 11 is 17.6. The van der Waals surface area contributed by atoms with E-state index in [9.17, 15) is 0 Å². The van der Waals surface area contributed by atoms with Gasteiger partial charge in [0, 0.05) is 5.02 Å². The van der Waals surface area contributed by atoms with Crippen LogP contribution in [0, 0.1) is 6.92 Å². The van der Waals surface area contributed by atoms with Gasteiger partial charge in [-0.05, 0) is 24.6 Å². The molecule has 0 amide bonds. The van der Waals surface area contributed by atoms with Crippen LogP contribution in [0.1, 0.15) is 11.5 Å². The Bertz CT molecular complexity index is 542. The van der Waals surface area contributed by atoms with Gasteiger partial charge < -0.3 is 9.73 Å². The van der Waals surface area contributed by atoms with Gasteiger partial charge in [-0.15, -0.1) is 16.7 Å². The topological polar surface area (TPSA) is 51.0 Å². The van der Waals surface area contributed by atoms with E-state index < -0.39 is 0 Å². The minimum absolute atomic E-state index is 0.164. The average molecular weight is 293 g/mol. The third-order valence-corrected chi connectivity index (χ3v) is 3.02. The Morgan fingerprint density at radius 3 is 2.65 bits per heavy atom. The molecule has 1 aromatic carbocycles. The Kier molecular flexibility index (Phi) is 3.76. The molecule has 90 valence electrons. The van der Waals surface area contributed by atoms with E-state index in [1.807, 2.05) is 6.92 Å². The van der Waals surface area contributed by atoms with E-state index in [2.05, 4.69) is 15.5 Å². The fourth-order valence-corrected chi connectivity index (χ4v) is 1.75. The molecule has 0 fully saturated rings. The summed E-state index contributed by atoms with van der Waals surface area (Å²) in [5, 5.41) is 11.5. The number of halogens is 3. The van der Waals surface area contributed by atoms with Crippen LogP contribution in [0.4, 0.5) is 11.7 Å². The maximum atomic E-state index is 6.06. The lowest BCUT2D eigenvalue weighted by Crippen LogP contribution is -1.92. The number of aromatic nitrogens is 2. The van der Waals surface area contributed by atoms with Crippen molar-refractivity contribution in [3.8, 4) is 0 Å². The van der Waals surface area contributed by atoms with Gasteiger partial charge in [-0.1, -0.05) is 28.3 Å². The molecular weight excluding hydrogens is 284 g/mol. The number of anilines is 2. The van der Waals surface area contributed by atoms with Crippen LogP contribution in [0.25, 0.3) is 0 Å². The lowest BCUT2D eigenvalue weighted by atomic mass is 10.2. The molecule has 0 atom stereocenters. The molecule has 1 N–H and O–H groups in total. The summed E-state index contributed by atoms with van der Waals surface area (Å²) in [7, 11) is 0. The van der Waals surface area contributed by atoms with E-state index in [0.717, 1.165) is 5.56 Å². The first-order valence-corrected chi connectivity index (χ1v) is 6.00. The van der Waals surface area contributed by atoms with E-state index in [1.165, 1.54) is 0 Å². The van der Waals surface area contributed by atoms with Crippen LogP contribution in [0.15, 0.2) is 16.5 Å². The molecule has 0 bridgehead atoms. The zero-order valence-electron chi connectivity index (χ0n) is 8.80. The zero-order chi connectivity index (χ0) is 12.4. The van der Waals surface area contributed by atoms with Crippen molar-refractivity contribution in [2.24, 2.45) is 0 Å². The Labute approximate surface area is 113 Å². The Hall–Kier alpha value is -0.970. The fraction of sp³-hybridized carbons (Fsp3) is 0.200. The SMILES string of the molecule is Cc1cc(Cl)c(Nc2nnc(CCl)o2)cc1Cl. The third kappa shape index (κ3) is 2.83. The maximum Gasteiger partial charge on any atom is 0.320 e. The minimum Gasteiger partial charge on any atom is -0.407 e. The molecule has 0 spiro atoms. The fourth-order valence-electron chi connectivity index (χ4n) is 1.22. The molecule has 17 heavy (non-hydrogen) atoms. The van der Waals surface area contributed by atoms with E-state index in [-0.39, 0.29) is 11.9 Å². The summed E-state index contributed by atoms with van der Waals surface area (Å²) in [6.07, 6.45) is 0. The second kappa shape index (κ2) is 5.12. The van der Waals surface area contributed by atoms with Crippen molar-refractivity contribution in [2.75, 3.05) is 5.32 Å². The van der Waals surface area contributed by atoms with Gasteiger partial charge >= 0.3 is 6.01 Å². The Morgan fingerprint density at radius 1 is 1.24 bits per heavy atom. The van der Waals surface area contributed by atoms with Crippen LogP contribution in [-0.4, -0.2) is 10.2 Å². The van der Waals surface area contributed by atoms with Crippen LogP contribution in [-0.2, 0) is 5.88 Å². The first-order chi connectivity index (χ1) is 8.10. The number of nitrogens with zero attached hydrogens (tertiary/aromatic N) is 2. The summed E-state index contributed by atoms with van der Waals surface area (Å²) in [6, 6.07) is 3.68. The van der Waals surface area contributed by atoms with Crippen molar-refractivity contribution in [1.82, 2.24) is 10.2 Å². The quantitative estimate of drug-likeness (QED) is 0.863. The highest BCUT2D eigenvalue weighted by Gasteiger charge is 2.09. The molecule has 1 heterocycles. The molecule has 0 aliphatic rings. The molecule has 0 saturated carbocycles. The Balaban J connectivity index is 2.26. The number of alkyl halides is 1. The lowest BCUT2D eigenvalue weighted by molar-refractivity contribution is 0.530. The van der Waals surface area contributed by atoms with Crippen molar-refractivity contribution in [1.29, 1.82) is 0 Å². The van der Waals surface area contributed by atoms with Crippen LogP contribution in [0.5, 0.6) is 0 Å². The van der Waals surface area contributed by atoms with Crippen molar-refractivity contribution in [3.05, 3.63) is 33.6 Å². The van der Waals surface area contributed by atoms with Crippen LogP contribution in [0.3, 0.4) is 0 Å². The molecule has 2 rings (SSSR count). The molecular formula is C10H8Cl3N3O. The molecule has 0 radical (unpaired) electrons. The highest BCUT2D eigenvalue weighted by molar-refractivity contribution is 6.35. The van der Waals surface area contributed by atoms with Crippen LogP contribution < -0.4 is 5.32 Å². The van der Waals surface area contributed by atoms with E-state index in [1.54, 1.807) is 12.1 Å². The van der Waals surface area contributed by atoms with Crippen LogP contribution >= 0.6 is 34.8 Å². The molecule has 2 aromatic rings. The number of benzene rings is 1. The molecule has 0 saturated heterocycles. The standard InChI is InChI=1S/C10H8Cl3N3O/c1-5-2-7(13)8(3-6(5)12)14-10-16-15-9(4-11)17-10/h2-3H,4H2,1H3,(H,14,16). The van der Waals surface area contributed by atoms with Gasteiger partial charge in [0.2, 0.25) is 5.89 Å². The second-order valence-corrected chi connectivity index (χ2v) is 4.42. The van der Waals surface area contributed by atoms with Gasteiger partial charge in [-0.2, -0.15) is 0 Å². The molecule has 0 aliphatic carbocycles. The van der Waals surface area contributed by atoms with Gasteiger partial charge in [-0.25, -0.2) is 0 Å². The second-order valence-electron chi connectivity index (χ2n) is 3.34. The minimum atomic E-state index is 0.164. The summed E-state index contributed by atoms with van der Waals surface area (Å²) in [4.78, 5) is 0. The lowest BCUT2D eigenvalue weighted by Gasteiger charge is -2.06. The molecule has 0 unspecified atom stereocenters. The van der Waals surface area contributed by atoms with Crippen molar-refractivity contribution >= 4 is 46.5 Å². The number of rotatable bonds is 3. The normalized spacial score (nSPS) is 10.6. The van der Waals surface area contributed by atoms with E-state index in [4.69, 9.17) is 39.2 Å². The number of hydrogen-bond acceptors (Lipinski definition) is 4. The summed E-state index contributed by atoms with van der Waals surface area (Å²) in [6.45, 7) is 1.87. The van der Waals surface area contributed by atoms with Gasteiger partial charge in [0.1, 0.15) is 5.88 Å². The molecule has 1 aromatic heterocycles. The smallest absolute Gasteiger partial charge is 0.320 e. The number of hydrogen-bond donors (Lipinski definition) is 1. The van der Waals surface area contributed by atoms with Crippen molar-refractivity contribution in [3.63, 3.8) is 0 Å². The first-order valence-electron chi connectivity index (χ1n) is 4.71. The van der Waals surface area contributed by atoms with Gasteiger partial charge in [0.05, 0.1) is 10.7 Å².